The molecule has 84 valence electrons. The second-order valence-electron chi connectivity index (χ2n) is 3.96. The molecule has 0 atom stereocenters. The zero-order valence-corrected chi connectivity index (χ0v) is 9.64. The lowest BCUT2D eigenvalue weighted by molar-refractivity contribution is 0.0176. The van der Waals surface area contributed by atoms with Crippen LogP contribution < -0.4 is 5.32 Å². The Balaban J connectivity index is 1.96. The second-order valence-corrected chi connectivity index (χ2v) is 6.22. The Kier molecular flexibility index (Phi) is 4.34. The molecule has 0 bridgehead atoms. The highest BCUT2D eigenvalue weighted by molar-refractivity contribution is 7.90. The van der Waals surface area contributed by atoms with Crippen LogP contribution in [0.2, 0.25) is 0 Å². The Morgan fingerprint density at radius 3 is 2.57 bits per heavy atom. The van der Waals surface area contributed by atoms with Crippen molar-refractivity contribution >= 4 is 9.84 Å². The van der Waals surface area contributed by atoms with Crippen LogP contribution in [0.3, 0.4) is 0 Å². The number of nitrogens with one attached hydrogen (secondary N) is 1. The van der Waals surface area contributed by atoms with E-state index in [-0.39, 0.29) is 5.75 Å². The Morgan fingerprint density at radius 2 is 2.07 bits per heavy atom. The molecule has 0 heterocycles. The van der Waals surface area contributed by atoms with Gasteiger partial charge in [0.05, 0.1) is 11.9 Å². The normalized spacial score (nSPS) is 27.3. The zero-order chi connectivity index (χ0) is 10.6. The van der Waals surface area contributed by atoms with Crippen LogP contribution in [0.5, 0.6) is 0 Å². The van der Waals surface area contributed by atoms with Crippen molar-refractivity contribution in [2.45, 2.75) is 31.4 Å². The van der Waals surface area contributed by atoms with Crippen molar-refractivity contribution in [1.29, 1.82) is 0 Å². The number of sulfone groups is 1. The maximum Gasteiger partial charge on any atom is 0.147 e. The van der Waals surface area contributed by atoms with Crippen LogP contribution >= 0.6 is 0 Å². The summed E-state index contributed by atoms with van der Waals surface area (Å²) < 4.78 is 26.8. The minimum atomic E-state index is -2.79. The average Bonchev–Trinajstić information content (AvgIpc) is 1.98. The van der Waals surface area contributed by atoms with Crippen molar-refractivity contribution in [2.24, 2.45) is 0 Å². The van der Waals surface area contributed by atoms with Gasteiger partial charge in [0.1, 0.15) is 9.84 Å². The molecule has 0 spiro atoms. The first-order valence-electron chi connectivity index (χ1n) is 4.95. The molecule has 1 N–H and O–H groups in total. The lowest BCUT2D eigenvalue weighted by Gasteiger charge is -2.34. The first-order valence-corrected chi connectivity index (χ1v) is 7.01. The minimum Gasteiger partial charge on any atom is -0.381 e. The molecule has 0 aromatic carbocycles. The molecular weight excluding hydrogens is 202 g/mol. The van der Waals surface area contributed by atoms with E-state index in [0.29, 0.717) is 18.6 Å². The Labute approximate surface area is 85.9 Å². The lowest BCUT2D eigenvalue weighted by Crippen LogP contribution is -2.45. The summed E-state index contributed by atoms with van der Waals surface area (Å²) in [5.74, 6) is 0.278. The quantitative estimate of drug-likeness (QED) is 0.650. The van der Waals surface area contributed by atoms with Gasteiger partial charge in [-0.3, -0.25) is 0 Å². The molecule has 0 saturated heterocycles. The lowest BCUT2D eigenvalue weighted by atomic mass is 9.89. The number of ether oxygens (including phenoxy) is 1. The van der Waals surface area contributed by atoms with Crippen molar-refractivity contribution in [2.75, 3.05) is 25.7 Å². The summed E-state index contributed by atoms with van der Waals surface area (Å²) in [5.41, 5.74) is 0. The number of hydrogen-bond donors (Lipinski definition) is 1. The van der Waals surface area contributed by atoms with Gasteiger partial charge in [-0.25, -0.2) is 8.42 Å². The van der Waals surface area contributed by atoms with Crippen LogP contribution in [0.1, 0.15) is 19.3 Å². The van der Waals surface area contributed by atoms with Gasteiger partial charge in [-0.05, 0) is 25.8 Å². The van der Waals surface area contributed by atoms with Crippen molar-refractivity contribution in [3.63, 3.8) is 0 Å². The predicted octanol–water partition coefficient (Wildman–Crippen LogP) is 0.188. The third-order valence-electron chi connectivity index (χ3n) is 2.55. The molecule has 0 aromatic heterocycles. The third kappa shape index (κ3) is 4.39. The standard InChI is InChI=1S/C9H19NO3S/c1-13-9-6-8(7-9)10-4-3-5-14(2,11)12/h8-10H,3-7H2,1-2H3. The fourth-order valence-corrected chi connectivity index (χ4v) is 2.23. The van der Waals surface area contributed by atoms with Crippen LogP contribution in [0.4, 0.5) is 0 Å². The van der Waals surface area contributed by atoms with E-state index in [1.54, 1.807) is 7.11 Å². The third-order valence-corrected chi connectivity index (χ3v) is 3.58. The maximum absolute atomic E-state index is 10.8. The predicted molar refractivity (Wildman–Crippen MR) is 56.1 cm³/mol. The van der Waals surface area contributed by atoms with Gasteiger partial charge in [0.25, 0.3) is 0 Å². The van der Waals surface area contributed by atoms with Crippen LogP contribution in [0.25, 0.3) is 0 Å². The Morgan fingerprint density at radius 1 is 1.43 bits per heavy atom. The van der Waals surface area contributed by atoms with E-state index in [2.05, 4.69) is 5.32 Å². The van der Waals surface area contributed by atoms with E-state index in [0.717, 1.165) is 19.4 Å². The number of hydrogen-bond acceptors (Lipinski definition) is 4. The molecule has 0 amide bonds. The van der Waals surface area contributed by atoms with Crippen molar-refractivity contribution in [3.8, 4) is 0 Å². The first-order chi connectivity index (χ1) is 6.51. The molecule has 1 rings (SSSR count). The number of rotatable bonds is 6. The van der Waals surface area contributed by atoms with Gasteiger partial charge in [-0.15, -0.1) is 0 Å². The molecule has 14 heavy (non-hydrogen) atoms. The zero-order valence-electron chi connectivity index (χ0n) is 8.82. The Hall–Kier alpha value is -0.130. The maximum atomic E-state index is 10.8. The highest BCUT2D eigenvalue weighted by Gasteiger charge is 2.27. The topological polar surface area (TPSA) is 55.4 Å². The van der Waals surface area contributed by atoms with Gasteiger partial charge in [0, 0.05) is 19.4 Å². The van der Waals surface area contributed by atoms with Crippen LogP contribution in [0.15, 0.2) is 0 Å². The summed E-state index contributed by atoms with van der Waals surface area (Å²) in [6.45, 7) is 0.786. The van der Waals surface area contributed by atoms with Gasteiger partial charge in [0.2, 0.25) is 0 Å². The van der Waals surface area contributed by atoms with E-state index >= 15 is 0 Å². The van der Waals surface area contributed by atoms with Crippen LogP contribution in [-0.4, -0.2) is 46.2 Å². The van der Waals surface area contributed by atoms with Gasteiger partial charge < -0.3 is 10.1 Å². The molecule has 0 unspecified atom stereocenters. The van der Waals surface area contributed by atoms with E-state index < -0.39 is 9.84 Å². The fourth-order valence-electron chi connectivity index (χ4n) is 1.57. The summed E-state index contributed by atoms with van der Waals surface area (Å²) >= 11 is 0. The molecule has 4 nitrogen and oxygen atoms in total. The van der Waals surface area contributed by atoms with Crippen LogP contribution in [-0.2, 0) is 14.6 Å². The van der Waals surface area contributed by atoms with E-state index in [1.165, 1.54) is 6.26 Å². The van der Waals surface area contributed by atoms with Crippen LogP contribution in [0, 0.1) is 0 Å². The molecule has 0 radical (unpaired) electrons. The molecule has 1 aliphatic carbocycles. The van der Waals surface area contributed by atoms with E-state index in [4.69, 9.17) is 4.74 Å². The molecule has 5 heteroatoms. The Bertz CT molecular complexity index is 257. The van der Waals surface area contributed by atoms with Gasteiger partial charge in [-0.2, -0.15) is 0 Å². The molecule has 0 aromatic rings. The minimum absolute atomic E-state index is 0.278. The molecule has 1 saturated carbocycles. The summed E-state index contributed by atoms with van der Waals surface area (Å²) in [6.07, 6.45) is 4.48. The van der Waals surface area contributed by atoms with Crippen molar-refractivity contribution in [3.05, 3.63) is 0 Å². The van der Waals surface area contributed by atoms with Gasteiger partial charge in [-0.1, -0.05) is 0 Å². The highest BCUT2D eigenvalue weighted by atomic mass is 32.2. The van der Waals surface area contributed by atoms with Gasteiger partial charge >= 0.3 is 0 Å². The summed E-state index contributed by atoms with van der Waals surface area (Å²) in [6, 6.07) is 0.527. The fraction of sp³-hybridized carbons (Fsp3) is 1.00. The molecule has 0 aliphatic heterocycles. The van der Waals surface area contributed by atoms with E-state index in [1.807, 2.05) is 0 Å². The molecular formula is C9H19NO3S. The SMILES string of the molecule is COC1CC(NCCCS(C)(=O)=O)C1. The van der Waals surface area contributed by atoms with Crippen molar-refractivity contribution < 1.29 is 13.2 Å². The highest BCUT2D eigenvalue weighted by Crippen LogP contribution is 2.22. The van der Waals surface area contributed by atoms with Crippen molar-refractivity contribution in [1.82, 2.24) is 5.32 Å². The van der Waals surface area contributed by atoms with E-state index in [9.17, 15) is 8.42 Å². The monoisotopic (exact) mass is 221 g/mol. The largest absolute Gasteiger partial charge is 0.381 e. The number of methoxy groups -OCH3 is 1. The first kappa shape index (κ1) is 11.9. The second kappa shape index (κ2) is 5.09. The smallest absolute Gasteiger partial charge is 0.147 e. The molecule has 1 fully saturated rings. The summed E-state index contributed by atoms with van der Waals surface area (Å²) in [7, 11) is -1.06. The summed E-state index contributed by atoms with van der Waals surface area (Å²) in [4.78, 5) is 0. The molecule has 1 aliphatic rings. The summed E-state index contributed by atoms with van der Waals surface area (Å²) in [5, 5.41) is 3.31. The average molecular weight is 221 g/mol. The van der Waals surface area contributed by atoms with Gasteiger partial charge in [0.15, 0.2) is 0 Å².